The maximum absolute atomic E-state index is 11.4. The summed E-state index contributed by atoms with van der Waals surface area (Å²) in [6.07, 6.45) is 0.829. The average molecular weight is 324 g/mol. The maximum Gasteiger partial charge on any atom is 0.302 e. The number of carbonyl (C=O) groups is 1. The lowest BCUT2D eigenvalue weighted by molar-refractivity contribution is -0.230. The average Bonchev–Trinajstić information content (AvgIpc) is 3.28. The smallest absolute Gasteiger partial charge is 0.302 e. The second-order valence-electron chi connectivity index (χ2n) is 7.74. The lowest BCUT2D eigenvalue weighted by Gasteiger charge is -2.57. The number of fused-ring (bicyclic) bond motifs is 2. The number of aliphatic hydroxyl groups is 2. The van der Waals surface area contributed by atoms with Gasteiger partial charge in [-0.05, 0) is 19.8 Å². The molecule has 23 heavy (non-hydrogen) atoms. The zero-order valence-electron chi connectivity index (χ0n) is 13.7. The SMILES string of the molecule is CC(=O)OC[C@]12CCC(C)=C[C@H]1OC1[C@H](O)[C@@H](O)[C@@]2(C)[C@]12CO2. The number of epoxide rings is 1. The Balaban J connectivity index is 1.85. The summed E-state index contributed by atoms with van der Waals surface area (Å²) in [5.74, 6) is -0.353. The molecule has 1 unspecified atom stereocenters. The van der Waals surface area contributed by atoms with E-state index >= 15 is 0 Å². The molecule has 2 aliphatic carbocycles. The summed E-state index contributed by atoms with van der Waals surface area (Å²) in [6, 6.07) is 0. The van der Waals surface area contributed by atoms with Crippen molar-refractivity contribution in [2.45, 2.75) is 63.6 Å². The van der Waals surface area contributed by atoms with Crippen molar-refractivity contribution in [1.29, 1.82) is 0 Å². The van der Waals surface area contributed by atoms with E-state index in [1.165, 1.54) is 12.5 Å². The van der Waals surface area contributed by atoms with Crippen LogP contribution in [0.5, 0.6) is 0 Å². The number of carbonyl (C=O) groups excluding carboxylic acids is 1. The normalized spacial score (nSPS) is 53.7. The molecule has 4 rings (SSSR count). The standard InChI is InChI=1S/C17H24O6/c1-9-4-5-16(7-21-10(2)18)11(6-9)23-14-12(19)13(20)15(16,3)17(14)8-22-17/h6,11-14,19-20H,4-5,7-8H2,1-3H3/t11-,12-,13-,14?,15-,16-,17+/m1/s1. The third kappa shape index (κ3) is 1.65. The lowest BCUT2D eigenvalue weighted by Crippen LogP contribution is -2.66. The Labute approximate surface area is 135 Å². The van der Waals surface area contributed by atoms with Crippen LogP contribution in [0, 0.1) is 10.8 Å². The summed E-state index contributed by atoms with van der Waals surface area (Å²) in [4.78, 5) is 11.4. The van der Waals surface area contributed by atoms with Crippen LogP contribution in [0.2, 0.25) is 0 Å². The van der Waals surface area contributed by atoms with E-state index in [9.17, 15) is 15.0 Å². The van der Waals surface area contributed by atoms with Gasteiger partial charge in [-0.1, -0.05) is 18.6 Å². The molecule has 3 fully saturated rings. The van der Waals surface area contributed by atoms with Crippen LogP contribution in [-0.2, 0) is 19.0 Å². The van der Waals surface area contributed by atoms with Crippen LogP contribution >= 0.6 is 0 Å². The van der Waals surface area contributed by atoms with Crippen molar-refractivity contribution in [2.24, 2.45) is 10.8 Å². The van der Waals surface area contributed by atoms with Crippen LogP contribution in [0.1, 0.15) is 33.6 Å². The van der Waals surface area contributed by atoms with E-state index in [1.807, 2.05) is 13.8 Å². The second kappa shape index (κ2) is 4.57. The van der Waals surface area contributed by atoms with Crippen LogP contribution in [0.4, 0.5) is 0 Å². The van der Waals surface area contributed by atoms with Crippen LogP contribution in [0.25, 0.3) is 0 Å². The Morgan fingerprint density at radius 2 is 2.17 bits per heavy atom. The molecule has 2 aliphatic heterocycles. The van der Waals surface area contributed by atoms with E-state index in [1.54, 1.807) is 0 Å². The van der Waals surface area contributed by atoms with Crippen LogP contribution < -0.4 is 0 Å². The van der Waals surface area contributed by atoms with Gasteiger partial charge in [-0.2, -0.15) is 0 Å². The van der Waals surface area contributed by atoms with E-state index in [-0.39, 0.29) is 18.7 Å². The van der Waals surface area contributed by atoms with Crippen LogP contribution in [0.15, 0.2) is 11.6 Å². The Hall–Kier alpha value is -0.950. The fourth-order valence-corrected chi connectivity index (χ4v) is 5.26. The molecule has 2 heterocycles. The number of hydrogen-bond acceptors (Lipinski definition) is 6. The first-order valence-electron chi connectivity index (χ1n) is 8.25. The maximum atomic E-state index is 11.4. The van der Waals surface area contributed by atoms with Gasteiger partial charge in [0.15, 0.2) is 0 Å². The van der Waals surface area contributed by atoms with Gasteiger partial charge in [0.1, 0.15) is 24.4 Å². The molecule has 0 aromatic carbocycles. The molecule has 0 amide bonds. The Kier molecular flexibility index (Phi) is 3.09. The molecule has 128 valence electrons. The first kappa shape index (κ1) is 15.6. The largest absolute Gasteiger partial charge is 0.465 e. The molecule has 2 N–H and O–H groups in total. The van der Waals surface area contributed by atoms with E-state index < -0.39 is 34.7 Å². The van der Waals surface area contributed by atoms with Gasteiger partial charge in [-0.25, -0.2) is 0 Å². The Morgan fingerprint density at radius 1 is 1.48 bits per heavy atom. The molecule has 0 aromatic heterocycles. The molecule has 1 saturated carbocycles. The highest BCUT2D eigenvalue weighted by Crippen LogP contribution is 2.71. The summed E-state index contributed by atoms with van der Waals surface area (Å²) in [5, 5.41) is 21.4. The molecule has 6 heteroatoms. The van der Waals surface area contributed by atoms with E-state index in [0.717, 1.165) is 12.8 Å². The predicted molar refractivity (Wildman–Crippen MR) is 79.5 cm³/mol. The zero-order valence-corrected chi connectivity index (χ0v) is 13.7. The van der Waals surface area contributed by atoms with Crippen molar-refractivity contribution in [1.82, 2.24) is 0 Å². The number of hydrogen-bond donors (Lipinski definition) is 2. The molecular formula is C17H24O6. The molecule has 0 radical (unpaired) electrons. The summed E-state index contributed by atoms with van der Waals surface area (Å²) in [5.41, 5.74) is -0.781. The Bertz CT molecular complexity index is 582. The number of ether oxygens (including phenoxy) is 3. The molecule has 2 bridgehead atoms. The molecular weight excluding hydrogens is 300 g/mol. The topological polar surface area (TPSA) is 88.5 Å². The minimum absolute atomic E-state index is 0.162. The predicted octanol–water partition coefficient (Wildman–Crippen LogP) is 0.554. The van der Waals surface area contributed by atoms with Crippen molar-refractivity contribution in [3.8, 4) is 0 Å². The summed E-state index contributed by atoms with van der Waals surface area (Å²) < 4.78 is 17.4. The van der Waals surface area contributed by atoms with Crippen molar-refractivity contribution in [3.05, 3.63) is 11.6 Å². The summed E-state index contributed by atoms with van der Waals surface area (Å²) >= 11 is 0. The van der Waals surface area contributed by atoms with Crippen molar-refractivity contribution in [3.63, 3.8) is 0 Å². The van der Waals surface area contributed by atoms with Crippen molar-refractivity contribution >= 4 is 5.97 Å². The van der Waals surface area contributed by atoms with E-state index in [2.05, 4.69) is 6.08 Å². The molecule has 1 spiro atoms. The van der Waals surface area contributed by atoms with Gasteiger partial charge < -0.3 is 24.4 Å². The van der Waals surface area contributed by atoms with Gasteiger partial charge in [0.25, 0.3) is 0 Å². The summed E-state index contributed by atoms with van der Waals surface area (Å²) in [6.45, 7) is 6.01. The first-order valence-corrected chi connectivity index (χ1v) is 8.25. The van der Waals surface area contributed by atoms with Gasteiger partial charge in [-0.3, -0.25) is 4.79 Å². The van der Waals surface area contributed by atoms with Crippen molar-refractivity contribution < 1.29 is 29.2 Å². The lowest BCUT2D eigenvalue weighted by atomic mass is 9.51. The third-order valence-corrected chi connectivity index (χ3v) is 6.83. The van der Waals surface area contributed by atoms with Crippen LogP contribution in [0.3, 0.4) is 0 Å². The minimum Gasteiger partial charge on any atom is -0.465 e. The number of rotatable bonds is 2. The fraction of sp³-hybridized carbons (Fsp3) is 0.824. The molecule has 4 aliphatic rings. The van der Waals surface area contributed by atoms with Gasteiger partial charge in [0, 0.05) is 17.8 Å². The number of allylic oxidation sites excluding steroid dienone is 1. The van der Waals surface area contributed by atoms with E-state index in [0.29, 0.717) is 6.61 Å². The van der Waals surface area contributed by atoms with Crippen molar-refractivity contribution in [2.75, 3.05) is 13.2 Å². The minimum atomic E-state index is -0.990. The Morgan fingerprint density at radius 3 is 2.78 bits per heavy atom. The quantitative estimate of drug-likeness (QED) is 0.438. The number of esters is 1. The van der Waals surface area contributed by atoms with Crippen LogP contribution in [-0.4, -0.2) is 59.4 Å². The highest BCUT2D eigenvalue weighted by atomic mass is 16.6. The van der Waals surface area contributed by atoms with Gasteiger partial charge in [-0.15, -0.1) is 0 Å². The highest BCUT2D eigenvalue weighted by molar-refractivity contribution is 5.66. The second-order valence-corrected chi connectivity index (χ2v) is 7.74. The molecule has 7 atom stereocenters. The molecule has 6 nitrogen and oxygen atoms in total. The number of aliphatic hydroxyl groups excluding tert-OH is 2. The van der Waals surface area contributed by atoms with Gasteiger partial charge in [0.05, 0.1) is 18.8 Å². The van der Waals surface area contributed by atoms with E-state index in [4.69, 9.17) is 14.2 Å². The monoisotopic (exact) mass is 324 g/mol. The summed E-state index contributed by atoms with van der Waals surface area (Å²) in [7, 11) is 0. The first-order chi connectivity index (χ1) is 10.8. The highest BCUT2D eigenvalue weighted by Gasteiger charge is 2.84. The zero-order chi connectivity index (χ0) is 16.6. The van der Waals surface area contributed by atoms with Gasteiger partial charge in [0.2, 0.25) is 0 Å². The fourth-order valence-electron chi connectivity index (χ4n) is 5.26. The molecule has 2 saturated heterocycles. The molecule has 0 aromatic rings. The van der Waals surface area contributed by atoms with Gasteiger partial charge >= 0.3 is 5.97 Å². The third-order valence-electron chi connectivity index (χ3n) is 6.83.